The van der Waals surface area contributed by atoms with Gasteiger partial charge in [-0.3, -0.25) is 0 Å². The van der Waals surface area contributed by atoms with Crippen LogP contribution in [0.15, 0.2) is 48.8 Å². The molecule has 0 N–H and O–H groups in total. The molecule has 19 heavy (non-hydrogen) atoms. The van der Waals surface area contributed by atoms with Crippen LogP contribution in [0.2, 0.25) is 5.15 Å². The Kier molecular flexibility index (Phi) is 2.35. The second-order valence-electron chi connectivity index (χ2n) is 4.98. The van der Waals surface area contributed by atoms with E-state index in [0.717, 1.165) is 12.1 Å². The fraction of sp³-hybridized carbons (Fsp3) is 0.200. The topological polar surface area (TPSA) is 30.2 Å². The Balaban J connectivity index is 1.75. The molecule has 0 radical (unpaired) electrons. The number of hydrogen-bond donors (Lipinski definition) is 0. The van der Waals surface area contributed by atoms with Crippen molar-refractivity contribution in [3.8, 4) is 0 Å². The minimum atomic E-state index is 0.507. The Morgan fingerprint density at radius 1 is 1.16 bits per heavy atom. The maximum atomic E-state index is 6.09. The molecular formula is C15H12ClN3. The van der Waals surface area contributed by atoms with E-state index in [0.29, 0.717) is 17.0 Å². The molecule has 0 spiro atoms. The Morgan fingerprint density at radius 3 is 2.84 bits per heavy atom. The third-order valence-electron chi connectivity index (χ3n) is 3.78. The molecule has 2 aromatic heterocycles. The predicted molar refractivity (Wildman–Crippen MR) is 74.5 cm³/mol. The van der Waals surface area contributed by atoms with E-state index in [-0.39, 0.29) is 0 Å². The average molecular weight is 270 g/mol. The maximum absolute atomic E-state index is 6.09. The molecule has 1 aromatic carbocycles. The number of imidazole rings is 1. The molecule has 0 amide bonds. The summed E-state index contributed by atoms with van der Waals surface area (Å²) in [5.41, 5.74) is 3.52. The van der Waals surface area contributed by atoms with Gasteiger partial charge in [0.05, 0.1) is 0 Å². The number of benzene rings is 1. The minimum Gasteiger partial charge on any atom is -0.235 e. The summed E-state index contributed by atoms with van der Waals surface area (Å²) >= 11 is 6.09. The lowest BCUT2D eigenvalue weighted by Gasteiger charge is -2.04. The lowest BCUT2D eigenvalue weighted by atomic mass is 10.1. The number of nitrogens with zero attached hydrogens (tertiary/aromatic N) is 3. The summed E-state index contributed by atoms with van der Waals surface area (Å²) in [6, 6.07) is 12.6. The number of fused-ring (bicyclic) bond motifs is 1. The molecule has 2 atom stereocenters. The first kappa shape index (κ1) is 11.0. The summed E-state index contributed by atoms with van der Waals surface area (Å²) in [4.78, 5) is 4.39. The van der Waals surface area contributed by atoms with Crippen LogP contribution >= 0.6 is 11.6 Å². The van der Waals surface area contributed by atoms with Crippen molar-refractivity contribution in [3.63, 3.8) is 0 Å². The smallest absolute Gasteiger partial charge is 0.157 e. The van der Waals surface area contributed by atoms with Gasteiger partial charge < -0.3 is 0 Å². The summed E-state index contributed by atoms with van der Waals surface area (Å²) in [7, 11) is 0. The predicted octanol–water partition coefficient (Wildman–Crippen LogP) is 3.65. The molecule has 1 aliphatic rings. The van der Waals surface area contributed by atoms with Crippen LogP contribution in [0.3, 0.4) is 0 Å². The molecule has 1 aliphatic carbocycles. The van der Waals surface area contributed by atoms with Gasteiger partial charge in [0.1, 0.15) is 5.15 Å². The largest absolute Gasteiger partial charge is 0.235 e. The number of rotatable bonds is 2. The molecule has 0 saturated heterocycles. The third kappa shape index (κ3) is 1.81. The normalized spacial score (nSPS) is 21.7. The van der Waals surface area contributed by atoms with Gasteiger partial charge in [-0.1, -0.05) is 41.9 Å². The van der Waals surface area contributed by atoms with Gasteiger partial charge in [-0.15, -0.1) is 0 Å². The van der Waals surface area contributed by atoms with Gasteiger partial charge in [0, 0.05) is 18.0 Å². The first-order valence-corrected chi connectivity index (χ1v) is 6.75. The summed E-state index contributed by atoms with van der Waals surface area (Å²) in [6.45, 7) is 0. The minimum absolute atomic E-state index is 0.507. The van der Waals surface area contributed by atoms with E-state index in [1.54, 1.807) is 10.7 Å². The lowest BCUT2D eigenvalue weighted by Crippen LogP contribution is -1.96. The standard InChI is InChI=1S/C15H12ClN3/c16-14-9-13(15-17-6-7-19(15)18-14)12-8-11(12)10-4-2-1-3-5-10/h1-7,9,11-12H,8H2/t11-,12?/m1/s1. The van der Waals surface area contributed by atoms with E-state index in [4.69, 9.17) is 11.6 Å². The van der Waals surface area contributed by atoms with E-state index >= 15 is 0 Å². The SMILES string of the molecule is Clc1cc(C2C[C@@H]2c2ccccc2)c2nccn2n1. The zero-order valence-electron chi connectivity index (χ0n) is 10.2. The van der Waals surface area contributed by atoms with Crippen molar-refractivity contribution in [1.82, 2.24) is 14.6 Å². The zero-order valence-corrected chi connectivity index (χ0v) is 11.0. The second kappa shape index (κ2) is 4.07. The fourth-order valence-corrected chi connectivity index (χ4v) is 2.99. The number of aromatic nitrogens is 3. The second-order valence-corrected chi connectivity index (χ2v) is 5.36. The molecule has 1 saturated carbocycles. The highest BCUT2D eigenvalue weighted by Gasteiger charge is 2.41. The van der Waals surface area contributed by atoms with Crippen molar-refractivity contribution >= 4 is 17.2 Å². The van der Waals surface area contributed by atoms with E-state index in [9.17, 15) is 0 Å². The van der Waals surface area contributed by atoms with Crippen LogP contribution in [0.4, 0.5) is 0 Å². The van der Waals surface area contributed by atoms with Gasteiger partial charge in [0.2, 0.25) is 0 Å². The van der Waals surface area contributed by atoms with Gasteiger partial charge in [-0.2, -0.15) is 5.10 Å². The molecule has 4 heteroatoms. The van der Waals surface area contributed by atoms with Crippen molar-refractivity contribution < 1.29 is 0 Å². The third-order valence-corrected chi connectivity index (χ3v) is 3.96. The Morgan fingerprint density at radius 2 is 2.00 bits per heavy atom. The molecular weight excluding hydrogens is 258 g/mol. The molecule has 2 heterocycles. The van der Waals surface area contributed by atoms with Crippen molar-refractivity contribution in [1.29, 1.82) is 0 Å². The van der Waals surface area contributed by atoms with Gasteiger partial charge in [0.25, 0.3) is 0 Å². The summed E-state index contributed by atoms with van der Waals surface area (Å²) in [5.74, 6) is 1.09. The maximum Gasteiger partial charge on any atom is 0.157 e. The van der Waals surface area contributed by atoms with Crippen LogP contribution in [0.5, 0.6) is 0 Å². The van der Waals surface area contributed by atoms with Crippen molar-refractivity contribution in [2.75, 3.05) is 0 Å². The highest BCUT2D eigenvalue weighted by molar-refractivity contribution is 6.29. The molecule has 4 rings (SSSR count). The van der Waals surface area contributed by atoms with E-state index in [1.807, 2.05) is 12.3 Å². The monoisotopic (exact) mass is 269 g/mol. The molecule has 3 nitrogen and oxygen atoms in total. The average Bonchev–Trinajstić information content (AvgIpc) is 3.10. The lowest BCUT2D eigenvalue weighted by molar-refractivity contribution is 0.906. The molecule has 1 fully saturated rings. The first-order chi connectivity index (χ1) is 9.33. The van der Waals surface area contributed by atoms with Crippen molar-refractivity contribution in [2.24, 2.45) is 0 Å². The quantitative estimate of drug-likeness (QED) is 0.711. The van der Waals surface area contributed by atoms with Crippen molar-refractivity contribution in [3.05, 3.63) is 65.1 Å². The first-order valence-electron chi connectivity index (χ1n) is 6.37. The summed E-state index contributed by atoms with van der Waals surface area (Å²) < 4.78 is 1.76. The Hall–Kier alpha value is -1.87. The Labute approximate surface area is 115 Å². The zero-order chi connectivity index (χ0) is 12.8. The molecule has 94 valence electrons. The van der Waals surface area contributed by atoms with Crippen LogP contribution in [-0.4, -0.2) is 14.6 Å². The molecule has 0 aliphatic heterocycles. The van der Waals surface area contributed by atoms with Gasteiger partial charge in [0.15, 0.2) is 5.65 Å². The Bertz CT molecular complexity index is 735. The summed E-state index contributed by atoms with van der Waals surface area (Å²) in [6.07, 6.45) is 4.76. The van der Waals surface area contributed by atoms with Crippen LogP contribution in [0.1, 0.15) is 29.4 Å². The van der Waals surface area contributed by atoms with Crippen LogP contribution in [-0.2, 0) is 0 Å². The van der Waals surface area contributed by atoms with Crippen LogP contribution in [0.25, 0.3) is 5.65 Å². The highest BCUT2D eigenvalue weighted by Crippen LogP contribution is 2.55. The van der Waals surface area contributed by atoms with E-state index in [1.165, 1.54) is 11.1 Å². The molecule has 1 unspecified atom stereocenters. The number of halogens is 1. The van der Waals surface area contributed by atoms with E-state index < -0.39 is 0 Å². The van der Waals surface area contributed by atoms with Gasteiger partial charge in [-0.25, -0.2) is 9.50 Å². The number of hydrogen-bond acceptors (Lipinski definition) is 2. The molecule has 3 aromatic rings. The van der Waals surface area contributed by atoms with Crippen LogP contribution < -0.4 is 0 Å². The van der Waals surface area contributed by atoms with E-state index in [2.05, 4.69) is 40.4 Å². The van der Waals surface area contributed by atoms with Gasteiger partial charge in [-0.05, 0) is 29.9 Å². The van der Waals surface area contributed by atoms with Crippen LogP contribution in [0, 0.1) is 0 Å². The van der Waals surface area contributed by atoms with Gasteiger partial charge >= 0.3 is 0 Å². The van der Waals surface area contributed by atoms with Crippen molar-refractivity contribution in [2.45, 2.75) is 18.3 Å². The fourth-order valence-electron chi connectivity index (χ4n) is 2.79. The summed E-state index contributed by atoms with van der Waals surface area (Å²) in [5, 5.41) is 4.75. The molecule has 0 bridgehead atoms. The highest BCUT2D eigenvalue weighted by atomic mass is 35.5.